The Balaban J connectivity index is 0.660. The van der Waals surface area contributed by atoms with Gasteiger partial charge in [0.1, 0.15) is 67.0 Å². The SMILES string of the molecule is C=C1C[C@@H]2CC[C@@]34CC5O[C@H]6[C@@H](O3)[C@H]3O[C@H](CC[C@@H]3O[C@H]6[C@H]5O4)CC(=O)C[C@@H]3[C@@H](OC)[C@@H](C[C@H](O)CNC(=O)OCc4ccc(O[C@@H]5O[C@H](C(=O)O)[C@@H](O)[C@H](O)[C@H]5O)c(NC(=O)CCOCCNC(=O)CCCC#Cc5cnc(=S)[nH]c5)c4)O[C@H]3C[C@H]3O[C@@H](CCC1O2)C[C@@H](C)C3=C. The minimum absolute atomic E-state index is 0.00212. The minimum atomic E-state index is -1.99. The van der Waals surface area contributed by atoms with Crippen molar-refractivity contribution < 1.29 is 111 Å². The number of methoxy groups -OCH3 is 1. The van der Waals surface area contributed by atoms with Gasteiger partial charge < -0.3 is 108 Å². The van der Waals surface area contributed by atoms with E-state index >= 15 is 0 Å². The average Bonchev–Trinajstić information content (AvgIpc) is 1.55. The molecule has 11 fully saturated rings. The molecule has 98 heavy (non-hydrogen) atoms. The summed E-state index contributed by atoms with van der Waals surface area (Å²) >= 11 is 4.94. The number of hydrogen-bond acceptors (Lipinski definition) is 24. The molecule has 11 saturated heterocycles. The number of aromatic nitrogens is 2. The number of amides is 3. The number of nitrogens with one attached hydrogen (secondary N) is 4. The van der Waals surface area contributed by atoms with Crippen molar-refractivity contribution in [2.75, 3.05) is 38.7 Å². The molecule has 13 rings (SSSR count). The number of carbonyl (C=O) groups excluding carboxylic acids is 4. The molecule has 0 aliphatic carbocycles. The van der Waals surface area contributed by atoms with Gasteiger partial charge in [-0.3, -0.25) is 14.4 Å². The number of fused-ring (bicyclic) bond motifs is 6. The summed E-state index contributed by atoms with van der Waals surface area (Å²) in [5.74, 6) is 2.10. The summed E-state index contributed by atoms with van der Waals surface area (Å²) in [5.41, 5.74) is 2.94. The first kappa shape index (κ1) is 71.9. The maximum Gasteiger partial charge on any atom is 0.407 e. The molecule has 24 atom stereocenters. The third kappa shape index (κ3) is 17.0. The lowest BCUT2D eigenvalue weighted by molar-refractivity contribution is -0.292. The number of carboxylic acid groups (broad SMARTS) is 1. The first-order valence-electron chi connectivity index (χ1n) is 34.3. The quantitative estimate of drug-likeness (QED) is 0.0394. The molecular weight excluding hydrogens is 1300 g/mol. The summed E-state index contributed by atoms with van der Waals surface area (Å²) in [4.78, 5) is 72.4. The van der Waals surface area contributed by atoms with Gasteiger partial charge in [-0.05, 0) is 98.3 Å². The van der Waals surface area contributed by atoms with Gasteiger partial charge in [-0.15, -0.1) is 0 Å². The first-order valence-corrected chi connectivity index (χ1v) is 34.8. The maximum absolute atomic E-state index is 14.6. The highest BCUT2D eigenvalue weighted by atomic mass is 32.1. The van der Waals surface area contributed by atoms with Crippen LogP contribution in [0.3, 0.4) is 0 Å². The fourth-order valence-corrected chi connectivity index (χ4v) is 15.7. The highest BCUT2D eigenvalue weighted by molar-refractivity contribution is 7.71. The number of aromatic amines is 1. The average molecular weight is 1390 g/mol. The molecule has 536 valence electrons. The van der Waals surface area contributed by atoms with Gasteiger partial charge in [0.2, 0.25) is 18.1 Å². The highest BCUT2D eigenvalue weighted by Gasteiger charge is 2.69. The molecule has 1 spiro atoms. The number of rotatable bonds is 20. The third-order valence-corrected chi connectivity index (χ3v) is 20.8. The topological polar surface area (TPSA) is 371 Å². The van der Waals surface area contributed by atoms with Crippen LogP contribution >= 0.6 is 12.2 Å². The van der Waals surface area contributed by atoms with Gasteiger partial charge in [-0.1, -0.05) is 38.0 Å². The Labute approximate surface area is 572 Å². The van der Waals surface area contributed by atoms with E-state index in [-0.39, 0.29) is 143 Å². The van der Waals surface area contributed by atoms with Crippen molar-refractivity contribution in [2.45, 2.75) is 257 Å². The molecule has 28 nitrogen and oxygen atoms in total. The normalized spacial score (nSPS) is 37.6. The lowest BCUT2D eigenvalue weighted by Crippen LogP contribution is -2.61. The monoisotopic (exact) mass is 1390 g/mol. The molecule has 12 heterocycles. The third-order valence-electron chi connectivity index (χ3n) is 20.6. The Morgan fingerprint density at radius 3 is 2.42 bits per heavy atom. The number of aliphatic hydroxyl groups is 4. The molecule has 1 aromatic heterocycles. The molecule has 29 heteroatoms. The van der Waals surface area contributed by atoms with Gasteiger partial charge in [-0.25, -0.2) is 14.6 Å². The zero-order valence-electron chi connectivity index (χ0n) is 55.1. The predicted molar refractivity (Wildman–Crippen MR) is 344 cm³/mol. The van der Waals surface area contributed by atoms with Crippen molar-refractivity contribution in [2.24, 2.45) is 11.8 Å². The summed E-state index contributed by atoms with van der Waals surface area (Å²) in [6.45, 7) is 10.6. The van der Waals surface area contributed by atoms with Crippen LogP contribution in [-0.4, -0.2) is 233 Å². The standard InChI is InChI=1S/C69H91N5O23S/c1-34-22-41-11-14-46-35(2)23-43(88-46)16-18-69-29-52-60(96-69)62-63(93-52)64(97-69)59-48(92-62)15-12-42(90-59)25-39(75)26-44-50(28-49(89-41)36(34)3)91-51(58(44)85-4)27-40(76)32-73-68(84)87-33-37-10-13-47(94-66-57(81)55(79)56(80)61(95-66)65(82)83)45(24-37)74-54(78)17-20-86-21-19-70-53(77)9-7-5-6-8-38-30-71-67(98)72-31-38/h10,13,24,30-31,34,40-44,46,48-52,55-64,66,76,79-81H,2-3,5,7,9,11-12,14-23,25-29,32-33H2,1,4H3,(H,70,77)(H,73,84)(H,74,78)(H,82,83)(H,71,72,98)/t34-,40+,41+,42-,43+,44+,46?,48+,49-,50+,51-,52?,55+,56+,57-,58-,59+,60+,61+,62+,63-,64+,66-,69+/m1/s1. The molecule has 2 unspecified atom stereocenters. The number of hydrogen-bond donors (Lipinski definition) is 9. The van der Waals surface area contributed by atoms with Gasteiger partial charge in [0.25, 0.3) is 0 Å². The molecule has 12 bridgehead atoms. The van der Waals surface area contributed by atoms with Gasteiger partial charge in [0, 0.05) is 89.9 Å². The molecule has 9 N–H and O–H groups in total. The van der Waals surface area contributed by atoms with Gasteiger partial charge in [0.15, 0.2) is 16.7 Å². The summed E-state index contributed by atoms with van der Waals surface area (Å²) in [5, 5.41) is 60.8. The van der Waals surface area contributed by atoms with Crippen molar-refractivity contribution in [3.63, 3.8) is 0 Å². The summed E-state index contributed by atoms with van der Waals surface area (Å²) in [7, 11) is 1.55. The van der Waals surface area contributed by atoms with E-state index in [1.54, 1.807) is 19.5 Å². The Morgan fingerprint density at radius 1 is 0.827 bits per heavy atom. The number of anilines is 1. The second-order valence-corrected chi connectivity index (χ2v) is 27.9. The number of benzene rings is 1. The molecule has 2 aromatic rings. The van der Waals surface area contributed by atoms with E-state index in [1.165, 1.54) is 18.2 Å². The number of aliphatic hydroxyl groups excluding tert-OH is 4. The van der Waals surface area contributed by atoms with Crippen molar-refractivity contribution >= 4 is 47.6 Å². The van der Waals surface area contributed by atoms with Crippen LogP contribution < -0.4 is 20.7 Å². The fourth-order valence-electron chi connectivity index (χ4n) is 15.6. The second kappa shape index (κ2) is 32.0. The number of ether oxygens (including phenoxy) is 13. The van der Waals surface area contributed by atoms with Crippen molar-refractivity contribution in [1.29, 1.82) is 0 Å². The number of H-pyrrole nitrogens is 1. The molecule has 0 saturated carbocycles. The lowest BCUT2D eigenvalue weighted by atomic mass is 9.81. The number of aliphatic carboxylic acids is 1. The predicted octanol–water partition coefficient (Wildman–Crippen LogP) is 3.81. The number of carbonyl (C=O) groups is 5. The second-order valence-electron chi connectivity index (χ2n) is 27.6. The molecule has 0 radical (unpaired) electrons. The molecular formula is C69H91N5O23S. The highest BCUT2D eigenvalue weighted by Crippen LogP contribution is 2.55. The number of unbranched alkanes of at least 4 members (excludes halogenated alkanes) is 1. The van der Waals surface area contributed by atoms with Crippen molar-refractivity contribution in [1.82, 2.24) is 20.6 Å². The summed E-state index contributed by atoms with van der Waals surface area (Å²) < 4.78 is 83.4. The summed E-state index contributed by atoms with van der Waals surface area (Å²) in [6.07, 6.45) is -5.94. The van der Waals surface area contributed by atoms with Crippen LogP contribution in [0.1, 0.15) is 127 Å². The Hall–Kier alpha value is -5.89. The number of nitrogens with zero attached hydrogens (tertiary/aromatic N) is 1. The van der Waals surface area contributed by atoms with Crippen LogP contribution in [0.4, 0.5) is 10.5 Å². The van der Waals surface area contributed by atoms with E-state index in [0.29, 0.717) is 60.8 Å². The van der Waals surface area contributed by atoms with Crippen LogP contribution in [-0.2, 0) is 82.6 Å². The largest absolute Gasteiger partial charge is 0.479 e. The van der Waals surface area contributed by atoms with E-state index < -0.39 is 109 Å². The Kier molecular flexibility index (Phi) is 23.5. The van der Waals surface area contributed by atoms with E-state index in [9.17, 15) is 49.5 Å². The summed E-state index contributed by atoms with van der Waals surface area (Å²) in [6, 6.07) is 4.16. The van der Waals surface area contributed by atoms with Crippen LogP contribution in [0.15, 0.2) is 54.9 Å². The van der Waals surface area contributed by atoms with E-state index in [0.717, 1.165) is 43.3 Å². The molecule has 1 aromatic carbocycles. The van der Waals surface area contributed by atoms with E-state index in [1.807, 2.05) is 0 Å². The number of Topliss-reactive ketones (excluding diaryl/α,β-unsaturated/α-hetero) is 1. The molecule has 11 aliphatic rings. The minimum Gasteiger partial charge on any atom is -0.479 e. The first-order chi connectivity index (χ1) is 47.2. The number of carboxylic acids is 1. The zero-order chi connectivity index (χ0) is 68.9. The van der Waals surface area contributed by atoms with Crippen LogP contribution in [0, 0.1) is 28.4 Å². The van der Waals surface area contributed by atoms with E-state index in [2.05, 4.69) is 57.8 Å². The van der Waals surface area contributed by atoms with Gasteiger partial charge in [0.05, 0.1) is 98.0 Å². The van der Waals surface area contributed by atoms with Gasteiger partial charge in [-0.2, -0.15) is 0 Å². The van der Waals surface area contributed by atoms with Crippen molar-refractivity contribution in [3.8, 4) is 17.6 Å². The van der Waals surface area contributed by atoms with Crippen LogP contribution in [0.2, 0.25) is 0 Å². The number of alkyl carbamates (subject to hydrolysis) is 1. The van der Waals surface area contributed by atoms with E-state index in [4.69, 9.17) is 73.8 Å². The molecule has 3 amide bonds. The van der Waals surface area contributed by atoms with Crippen LogP contribution in [0.5, 0.6) is 5.75 Å². The molecule has 11 aliphatic heterocycles. The Bertz CT molecular complexity index is 3330. The smallest absolute Gasteiger partial charge is 0.407 e. The Morgan fingerprint density at radius 2 is 1.61 bits per heavy atom. The van der Waals surface area contributed by atoms with Crippen molar-refractivity contribution in [3.05, 3.63) is 70.8 Å². The van der Waals surface area contributed by atoms with Gasteiger partial charge >= 0.3 is 12.1 Å². The maximum atomic E-state index is 14.6. The lowest BCUT2D eigenvalue weighted by Gasteiger charge is -2.47. The van der Waals surface area contributed by atoms with Crippen LogP contribution in [0.25, 0.3) is 0 Å². The zero-order valence-corrected chi connectivity index (χ0v) is 55.9. The fraction of sp³-hybridized carbons (Fsp3) is 0.696. The number of ketones is 1.